The Morgan fingerprint density at radius 1 is 1.31 bits per heavy atom. The maximum absolute atomic E-state index is 12.7. The molecule has 6 nitrogen and oxygen atoms in total. The molecule has 1 atom stereocenters. The van der Waals surface area contributed by atoms with Crippen LogP contribution in [0.1, 0.15) is 48.0 Å². The van der Waals surface area contributed by atoms with Gasteiger partial charge < -0.3 is 11.1 Å². The van der Waals surface area contributed by atoms with Crippen molar-refractivity contribution in [2.45, 2.75) is 44.3 Å². The predicted molar refractivity (Wildman–Crippen MR) is 92.2 cm³/mol. The Hall–Kier alpha value is -1.87. The van der Waals surface area contributed by atoms with E-state index in [0.29, 0.717) is 12.1 Å². The number of amides is 1. The van der Waals surface area contributed by atoms with E-state index >= 15 is 0 Å². The number of nitrogens with one attached hydrogen (secondary N) is 1. The van der Waals surface area contributed by atoms with Gasteiger partial charge in [-0.05, 0) is 30.9 Å². The molecule has 1 aliphatic carbocycles. The number of nitro groups is 1. The first-order valence-corrected chi connectivity index (χ1v) is 8.10. The van der Waals surface area contributed by atoms with Crippen molar-refractivity contribution in [1.29, 1.82) is 0 Å². The highest BCUT2D eigenvalue weighted by molar-refractivity contribution is 5.98. The predicted octanol–water partition coefficient (Wildman–Crippen LogP) is 3.67. The van der Waals surface area contributed by atoms with Crippen LogP contribution in [0.25, 0.3) is 0 Å². The summed E-state index contributed by atoms with van der Waals surface area (Å²) in [7, 11) is 0. The van der Waals surface area contributed by atoms with Gasteiger partial charge in [-0.3, -0.25) is 14.9 Å². The molecular weight excluding hydrogens is 375 g/mol. The summed E-state index contributed by atoms with van der Waals surface area (Å²) < 4.78 is 38.2. The van der Waals surface area contributed by atoms with E-state index in [4.69, 9.17) is 5.73 Å². The third kappa shape index (κ3) is 5.31. The molecule has 1 amide bonds. The smallest absolute Gasteiger partial charge is 0.348 e. The van der Waals surface area contributed by atoms with Gasteiger partial charge in [0.05, 0.1) is 10.5 Å². The Bertz CT molecular complexity index is 649. The molecule has 10 heteroatoms. The first-order chi connectivity index (χ1) is 11.7. The number of halogens is 4. The molecule has 2 rings (SSSR count). The van der Waals surface area contributed by atoms with Crippen molar-refractivity contribution in [3.63, 3.8) is 0 Å². The van der Waals surface area contributed by atoms with E-state index in [-0.39, 0.29) is 30.9 Å². The van der Waals surface area contributed by atoms with Crippen molar-refractivity contribution in [3.8, 4) is 0 Å². The van der Waals surface area contributed by atoms with Crippen LogP contribution in [0.15, 0.2) is 18.2 Å². The summed E-state index contributed by atoms with van der Waals surface area (Å²) in [4.78, 5) is 22.5. The summed E-state index contributed by atoms with van der Waals surface area (Å²) in [5, 5.41) is 13.8. The molecule has 26 heavy (non-hydrogen) atoms. The Morgan fingerprint density at radius 3 is 2.42 bits per heavy atom. The molecule has 3 N–H and O–H groups in total. The summed E-state index contributed by atoms with van der Waals surface area (Å²) in [5.41, 5.74) is 3.28. The number of rotatable bonds is 5. The van der Waals surface area contributed by atoms with Gasteiger partial charge in [-0.15, -0.1) is 12.4 Å². The lowest BCUT2D eigenvalue weighted by atomic mass is 9.84. The average molecular weight is 396 g/mol. The van der Waals surface area contributed by atoms with Crippen LogP contribution in [0.4, 0.5) is 18.9 Å². The van der Waals surface area contributed by atoms with Gasteiger partial charge in [-0.2, -0.15) is 13.2 Å². The lowest BCUT2D eigenvalue weighted by Gasteiger charge is -2.30. The van der Waals surface area contributed by atoms with Crippen molar-refractivity contribution in [3.05, 3.63) is 39.4 Å². The lowest BCUT2D eigenvalue weighted by Crippen LogP contribution is -2.46. The second-order valence-electron chi connectivity index (χ2n) is 6.20. The fourth-order valence-electron chi connectivity index (χ4n) is 3.20. The fourth-order valence-corrected chi connectivity index (χ4v) is 3.20. The summed E-state index contributed by atoms with van der Waals surface area (Å²) in [6.07, 6.45) is 0.247. The minimum Gasteiger partial charge on any atom is -0.348 e. The first kappa shape index (κ1) is 22.2. The topological polar surface area (TPSA) is 98.3 Å². The quantitative estimate of drug-likeness (QED) is 0.587. The van der Waals surface area contributed by atoms with Crippen molar-refractivity contribution < 1.29 is 22.9 Å². The molecule has 1 saturated carbocycles. The molecule has 0 radical (unpaired) electrons. The summed E-state index contributed by atoms with van der Waals surface area (Å²) in [6.45, 7) is 0.171. The number of nitro benzene ring substituents is 1. The number of alkyl halides is 3. The summed E-state index contributed by atoms with van der Waals surface area (Å²) in [6, 6.07) is 1.53. The van der Waals surface area contributed by atoms with Crippen LogP contribution >= 0.6 is 12.4 Å². The molecule has 1 unspecified atom stereocenters. The number of nitrogens with two attached hydrogens (primary N) is 1. The maximum Gasteiger partial charge on any atom is 0.416 e. The van der Waals surface area contributed by atoms with E-state index in [1.54, 1.807) is 0 Å². The molecule has 1 aromatic carbocycles. The van der Waals surface area contributed by atoms with Crippen LogP contribution in [-0.4, -0.2) is 23.4 Å². The van der Waals surface area contributed by atoms with Crippen LogP contribution in [0.3, 0.4) is 0 Å². The van der Waals surface area contributed by atoms with E-state index in [1.165, 1.54) is 0 Å². The van der Waals surface area contributed by atoms with E-state index in [9.17, 15) is 28.1 Å². The molecule has 146 valence electrons. The zero-order valence-electron chi connectivity index (χ0n) is 13.9. The Morgan fingerprint density at radius 2 is 1.92 bits per heavy atom. The van der Waals surface area contributed by atoms with Crippen LogP contribution in [0.5, 0.6) is 0 Å². The van der Waals surface area contributed by atoms with Crippen LogP contribution < -0.4 is 11.1 Å². The SMILES string of the molecule is Cl.NCC(NC(=O)c1ccc(C(F)(F)F)cc1[N+](=O)[O-])C1CCCCC1. The minimum absolute atomic E-state index is 0. The molecule has 1 aliphatic rings. The minimum atomic E-state index is -4.72. The molecule has 0 spiro atoms. The van der Waals surface area contributed by atoms with Crippen molar-refractivity contribution in [2.75, 3.05) is 6.54 Å². The van der Waals surface area contributed by atoms with E-state index < -0.39 is 33.8 Å². The second-order valence-corrected chi connectivity index (χ2v) is 6.20. The van der Waals surface area contributed by atoms with Crippen molar-refractivity contribution >= 4 is 24.0 Å². The highest BCUT2D eigenvalue weighted by Gasteiger charge is 2.34. The van der Waals surface area contributed by atoms with Crippen LogP contribution in [0, 0.1) is 16.0 Å². The Kier molecular flexibility index (Phi) is 7.83. The molecule has 0 aromatic heterocycles. The van der Waals surface area contributed by atoms with Gasteiger partial charge in [0, 0.05) is 18.7 Å². The standard InChI is InChI=1S/C16H20F3N3O3.ClH/c17-16(18,19)11-6-7-12(14(8-11)22(24)25)15(23)21-13(9-20)10-4-2-1-3-5-10;/h6-8,10,13H,1-5,9,20H2,(H,21,23);1H. The number of nitrogens with zero attached hydrogens (tertiary/aromatic N) is 1. The van der Waals surface area contributed by atoms with E-state index in [1.807, 2.05) is 0 Å². The molecular formula is C16H21ClF3N3O3. The molecule has 1 fully saturated rings. The van der Waals surface area contributed by atoms with Gasteiger partial charge in [-0.25, -0.2) is 0 Å². The number of hydrogen-bond acceptors (Lipinski definition) is 4. The lowest BCUT2D eigenvalue weighted by molar-refractivity contribution is -0.385. The van der Waals surface area contributed by atoms with Crippen molar-refractivity contribution in [2.24, 2.45) is 11.7 Å². The van der Waals surface area contributed by atoms with Gasteiger partial charge in [0.2, 0.25) is 0 Å². The van der Waals surface area contributed by atoms with Gasteiger partial charge in [0.1, 0.15) is 5.56 Å². The molecule has 0 bridgehead atoms. The van der Waals surface area contributed by atoms with Gasteiger partial charge in [0.25, 0.3) is 11.6 Å². The van der Waals surface area contributed by atoms with Crippen molar-refractivity contribution in [1.82, 2.24) is 5.32 Å². The first-order valence-electron chi connectivity index (χ1n) is 8.10. The van der Waals surface area contributed by atoms with Gasteiger partial charge in [-0.1, -0.05) is 19.3 Å². The molecule has 0 heterocycles. The molecule has 0 saturated heterocycles. The Labute approximate surface area is 154 Å². The highest BCUT2D eigenvalue weighted by atomic mass is 35.5. The monoisotopic (exact) mass is 395 g/mol. The van der Waals surface area contributed by atoms with E-state index in [0.717, 1.165) is 38.2 Å². The van der Waals surface area contributed by atoms with Crippen LogP contribution in [-0.2, 0) is 6.18 Å². The highest BCUT2D eigenvalue weighted by Crippen LogP contribution is 2.33. The van der Waals surface area contributed by atoms with Gasteiger partial charge >= 0.3 is 6.18 Å². The zero-order valence-corrected chi connectivity index (χ0v) is 14.7. The number of hydrogen-bond donors (Lipinski definition) is 2. The molecule has 1 aromatic rings. The van der Waals surface area contributed by atoms with Crippen LogP contribution in [0.2, 0.25) is 0 Å². The number of benzene rings is 1. The number of carbonyl (C=O) groups excluding carboxylic acids is 1. The summed E-state index contributed by atoms with van der Waals surface area (Å²) >= 11 is 0. The average Bonchev–Trinajstić information content (AvgIpc) is 2.58. The normalized spacial score (nSPS) is 16.5. The third-order valence-corrected chi connectivity index (χ3v) is 4.56. The zero-order chi connectivity index (χ0) is 18.6. The number of carbonyl (C=O) groups is 1. The largest absolute Gasteiger partial charge is 0.416 e. The maximum atomic E-state index is 12.7. The Balaban J connectivity index is 0.00000338. The third-order valence-electron chi connectivity index (χ3n) is 4.56. The summed E-state index contributed by atoms with van der Waals surface area (Å²) in [5.74, 6) is -0.599. The fraction of sp³-hybridized carbons (Fsp3) is 0.562. The van der Waals surface area contributed by atoms with E-state index in [2.05, 4.69) is 5.32 Å². The second kappa shape index (κ2) is 9.18. The molecule has 0 aliphatic heterocycles. The van der Waals surface area contributed by atoms with Gasteiger partial charge in [0.15, 0.2) is 0 Å².